The summed E-state index contributed by atoms with van der Waals surface area (Å²) in [5, 5.41) is 19.0. The Morgan fingerprint density at radius 3 is 1.09 bits per heavy atom. The number of hydrogen-bond donors (Lipinski definition) is 2. The minimum absolute atomic E-state index is 0.0126. The number of nitrogens with one attached hydrogen (secondary N) is 1. The van der Waals surface area contributed by atoms with E-state index in [9.17, 15) is 19.2 Å². The van der Waals surface area contributed by atoms with Gasteiger partial charge in [-0.1, -0.05) is 72.8 Å². The molecule has 0 saturated carbocycles. The molecule has 16 heteroatoms. The number of imide groups is 1. The lowest BCUT2D eigenvalue weighted by Gasteiger charge is -2.22. The standard InChI is InChI=1S/C28H33N5O.C23H27N3.C9H11N3O4/c1-28(30-31-28)19-18-26(34)29-23-12-6-20(7-13-23)27(21-8-14-24(15-9-21)32(2)3)22-10-16-25(17-11-22)33(4)5;1-25(2)21-13-7-18(8-14-21)23(17-5-11-20(24)12-6-17)19-9-15-22(16-10-19)26(3)4;1-9(10-11-9)5-4-8(15)16-12-6(13)2-3-7(12)14/h6-17,27H,18-19H2,1-5H3,(H,29,34);5-16,23H,24H2,1-4H3;2-5H2,1H3. The third-order valence-electron chi connectivity index (χ3n) is 13.5. The molecule has 0 bridgehead atoms. The van der Waals surface area contributed by atoms with Gasteiger partial charge in [0.05, 0.1) is 6.42 Å². The highest BCUT2D eigenvalue weighted by Gasteiger charge is 2.37. The van der Waals surface area contributed by atoms with E-state index in [1.165, 1.54) is 56.1 Å². The average molecular weight is 1030 g/mol. The van der Waals surface area contributed by atoms with Crippen molar-refractivity contribution in [2.24, 2.45) is 20.5 Å². The van der Waals surface area contributed by atoms with Crippen LogP contribution >= 0.6 is 0 Å². The minimum Gasteiger partial charge on any atom is -0.399 e. The molecule has 6 aromatic carbocycles. The molecule has 3 heterocycles. The van der Waals surface area contributed by atoms with E-state index in [1.807, 2.05) is 59.4 Å². The Balaban J connectivity index is 0.000000177. The zero-order chi connectivity index (χ0) is 54.7. The summed E-state index contributed by atoms with van der Waals surface area (Å²) in [4.78, 5) is 59.0. The quantitative estimate of drug-likeness (QED) is 0.0478. The lowest BCUT2D eigenvalue weighted by molar-refractivity contribution is -0.197. The molecule has 0 spiro atoms. The van der Waals surface area contributed by atoms with Gasteiger partial charge >= 0.3 is 5.97 Å². The number of carbonyl (C=O) groups excluding carboxylic acids is 4. The highest BCUT2D eigenvalue weighted by molar-refractivity contribution is 6.01. The molecular weight excluding hydrogens is 955 g/mol. The Hall–Kier alpha value is -8.40. The molecule has 0 atom stereocenters. The summed E-state index contributed by atoms with van der Waals surface area (Å²) in [5.41, 5.74) is 18.8. The van der Waals surface area contributed by atoms with Crippen LogP contribution in [0.2, 0.25) is 0 Å². The van der Waals surface area contributed by atoms with Gasteiger partial charge < -0.3 is 35.5 Å². The van der Waals surface area contributed by atoms with E-state index in [1.54, 1.807) is 6.92 Å². The zero-order valence-corrected chi connectivity index (χ0v) is 45.4. The van der Waals surface area contributed by atoms with E-state index in [2.05, 4.69) is 200 Å². The van der Waals surface area contributed by atoms with Gasteiger partial charge in [-0.05, 0) is 120 Å². The maximum absolute atomic E-state index is 12.3. The highest BCUT2D eigenvalue weighted by atomic mass is 16.7. The Kier molecular flexibility index (Phi) is 17.7. The van der Waals surface area contributed by atoms with Gasteiger partial charge in [-0.3, -0.25) is 14.4 Å². The zero-order valence-electron chi connectivity index (χ0n) is 45.4. The van der Waals surface area contributed by atoms with Crippen molar-refractivity contribution in [2.75, 3.05) is 87.0 Å². The van der Waals surface area contributed by atoms with E-state index < -0.39 is 23.4 Å². The van der Waals surface area contributed by atoms with Crippen LogP contribution in [0.3, 0.4) is 0 Å². The van der Waals surface area contributed by atoms with Crippen LogP contribution in [0.1, 0.15) is 97.6 Å². The normalized spacial score (nSPS) is 14.3. The van der Waals surface area contributed by atoms with Gasteiger partial charge in [0, 0.05) is 134 Å². The number of nitrogen functional groups attached to an aromatic ring is 1. The largest absolute Gasteiger partial charge is 0.399 e. The van der Waals surface area contributed by atoms with Gasteiger partial charge in [0.2, 0.25) is 5.91 Å². The topological polar surface area (TPSA) is 181 Å². The number of nitrogens with zero attached hydrogens (tertiary/aromatic N) is 9. The van der Waals surface area contributed by atoms with Gasteiger partial charge in [-0.25, -0.2) is 4.79 Å². The molecule has 0 aliphatic carbocycles. The number of nitrogens with two attached hydrogens (primary N) is 1. The van der Waals surface area contributed by atoms with Crippen LogP contribution in [-0.2, 0) is 24.0 Å². The van der Waals surface area contributed by atoms with Crippen molar-refractivity contribution in [3.8, 4) is 0 Å². The fourth-order valence-corrected chi connectivity index (χ4v) is 8.55. The lowest BCUT2D eigenvalue weighted by atomic mass is 9.85. The summed E-state index contributed by atoms with van der Waals surface area (Å²) in [5.74, 6) is -1.28. The molecule has 16 nitrogen and oxygen atoms in total. The van der Waals surface area contributed by atoms with Gasteiger partial charge in [0.15, 0.2) is 11.3 Å². The van der Waals surface area contributed by atoms with Gasteiger partial charge in [0.1, 0.15) is 0 Å². The van der Waals surface area contributed by atoms with Crippen LogP contribution in [0, 0.1) is 0 Å². The second kappa shape index (κ2) is 24.3. The first-order chi connectivity index (χ1) is 36.2. The molecule has 3 N–H and O–H groups in total. The lowest BCUT2D eigenvalue weighted by Crippen LogP contribution is -2.32. The summed E-state index contributed by atoms with van der Waals surface area (Å²) in [6.45, 7) is 3.72. The van der Waals surface area contributed by atoms with Crippen LogP contribution in [0.25, 0.3) is 0 Å². The van der Waals surface area contributed by atoms with Crippen molar-refractivity contribution < 1.29 is 24.0 Å². The summed E-state index contributed by atoms with van der Waals surface area (Å²) >= 11 is 0. The summed E-state index contributed by atoms with van der Waals surface area (Å²) < 4.78 is 0. The fraction of sp³-hybridized carbons (Fsp3) is 0.333. The van der Waals surface area contributed by atoms with E-state index >= 15 is 0 Å². The molecular formula is C60H71N11O5. The van der Waals surface area contributed by atoms with Crippen molar-refractivity contribution in [1.82, 2.24) is 5.06 Å². The van der Waals surface area contributed by atoms with E-state index in [0.717, 1.165) is 11.4 Å². The molecule has 1 fully saturated rings. The molecule has 396 valence electrons. The monoisotopic (exact) mass is 1030 g/mol. The van der Waals surface area contributed by atoms with Gasteiger partial charge in [0.25, 0.3) is 11.8 Å². The number of benzene rings is 6. The van der Waals surface area contributed by atoms with Crippen molar-refractivity contribution in [2.45, 2.75) is 75.5 Å². The molecule has 0 unspecified atom stereocenters. The fourth-order valence-electron chi connectivity index (χ4n) is 8.55. The number of rotatable bonds is 18. The van der Waals surface area contributed by atoms with E-state index in [0.29, 0.717) is 24.3 Å². The van der Waals surface area contributed by atoms with Crippen molar-refractivity contribution in [3.63, 3.8) is 0 Å². The van der Waals surface area contributed by atoms with Gasteiger partial charge in [-0.2, -0.15) is 20.5 Å². The van der Waals surface area contributed by atoms with Crippen molar-refractivity contribution in [3.05, 3.63) is 179 Å². The molecule has 9 rings (SSSR count). The third kappa shape index (κ3) is 15.1. The molecule has 1 saturated heterocycles. The number of hydrogen-bond acceptors (Lipinski definition) is 14. The van der Waals surface area contributed by atoms with Crippen LogP contribution in [0.5, 0.6) is 0 Å². The SMILES string of the molecule is CC1(CCC(=O)ON2C(=O)CCC2=O)N=N1.CN(C)c1ccc(C(c2ccc(N)cc2)c2ccc(N(C)C)cc2)cc1.CN(C)c1ccc(C(c2ccc(NC(=O)CCC3(C)N=N3)cc2)c2ccc(N(C)C)cc2)cc1. The Labute approximate surface area is 447 Å². The second-order valence-corrected chi connectivity index (χ2v) is 20.5. The van der Waals surface area contributed by atoms with Crippen molar-refractivity contribution in [1.29, 1.82) is 0 Å². The Bertz CT molecular complexity index is 2860. The predicted molar refractivity (Wildman–Crippen MR) is 303 cm³/mol. The predicted octanol–water partition coefficient (Wildman–Crippen LogP) is 11.0. The molecule has 0 aromatic heterocycles. The number of hydroxylamine groups is 2. The molecule has 3 aliphatic heterocycles. The Morgan fingerprint density at radius 1 is 0.500 bits per heavy atom. The smallest absolute Gasteiger partial charge is 0.333 e. The highest BCUT2D eigenvalue weighted by Crippen LogP contribution is 2.37. The van der Waals surface area contributed by atoms with Crippen LogP contribution < -0.4 is 30.7 Å². The first-order valence-electron chi connectivity index (χ1n) is 25.5. The summed E-state index contributed by atoms with van der Waals surface area (Å²) in [6, 6.07) is 51.4. The van der Waals surface area contributed by atoms with Crippen molar-refractivity contribution >= 4 is 57.8 Å². The average Bonchev–Trinajstić information content (AvgIpc) is 4.33. The first kappa shape index (κ1) is 55.4. The Morgan fingerprint density at radius 2 is 0.789 bits per heavy atom. The number of anilines is 6. The van der Waals surface area contributed by atoms with Crippen LogP contribution in [-0.4, -0.2) is 96.5 Å². The van der Waals surface area contributed by atoms with Gasteiger partial charge in [-0.15, -0.1) is 5.06 Å². The number of carbonyl (C=O) groups is 4. The molecule has 76 heavy (non-hydrogen) atoms. The molecule has 3 amide bonds. The first-order valence-corrected chi connectivity index (χ1v) is 25.5. The van der Waals surface area contributed by atoms with Crippen LogP contribution in [0.4, 0.5) is 34.1 Å². The minimum atomic E-state index is -0.609. The molecule has 6 aromatic rings. The summed E-state index contributed by atoms with van der Waals surface area (Å²) in [6.07, 6.45) is 1.78. The summed E-state index contributed by atoms with van der Waals surface area (Å²) in [7, 11) is 16.4. The van der Waals surface area contributed by atoms with E-state index in [4.69, 9.17) is 5.73 Å². The van der Waals surface area contributed by atoms with E-state index in [-0.39, 0.29) is 42.7 Å². The maximum atomic E-state index is 12.3. The third-order valence-corrected chi connectivity index (χ3v) is 13.5. The molecule has 3 aliphatic rings. The second-order valence-electron chi connectivity index (χ2n) is 20.5. The maximum Gasteiger partial charge on any atom is 0.333 e. The van der Waals surface area contributed by atoms with Crippen LogP contribution in [0.15, 0.2) is 166 Å². The number of amides is 3. The molecule has 0 radical (unpaired) electrons.